The van der Waals surface area contributed by atoms with E-state index in [1.807, 2.05) is 0 Å². The Morgan fingerprint density at radius 1 is 1.60 bits per heavy atom. The predicted molar refractivity (Wildman–Crippen MR) is 40.7 cm³/mol. The smallest absolute Gasteiger partial charge is 0.149 e. The lowest BCUT2D eigenvalue weighted by Gasteiger charge is -1.97. The van der Waals surface area contributed by atoms with Crippen molar-refractivity contribution in [2.75, 3.05) is 25.2 Å². The van der Waals surface area contributed by atoms with E-state index in [9.17, 15) is 8.42 Å². The van der Waals surface area contributed by atoms with Gasteiger partial charge in [-0.15, -0.1) is 6.58 Å². The van der Waals surface area contributed by atoms with Gasteiger partial charge in [0.25, 0.3) is 0 Å². The second-order valence-electron chi connectivity index (χ2n) is 1.99. The summed E-state index contributed by atoms with van der Waals surface area (Å²) in [4.78, 5) is 0. The lowest BCUT2D eigenvalue weighted by Crippen LogP contribution is -2.09. The van der Waals surface area contributed by atoms with Gasteiger partial charge in [-0.05, 0) is 0 Å². The van der Waals surface area contributed by atoms with E-state index in [0.717, 1.165) is 0 Å². The van der Waals surface area contributed by atoms with E-state index >= 15 is 0 Å². The first-order chi connectivity index (χ1) is 4.56. The van der Waals surface area contributed by atoms with Gasteiger partial charge in [0.05, 0.1) is 19.0 Å². The third-order valence-corrected chi connectivity index (χ3v) is 1.74. The summed E-state index contributed by atoms with van der Waals surface area (Å²) in [5.74, 6) is 0.0842. The van der Waals surface area contributed by atoms with Crippen molar-refractivity contribution in [3.8, 4) is 0 Å². The van der Waals surface area contributed by atoms with E-state index in [2.05, 4.69) is 6.58 Å². The lowest BCUT2D eigenvalue weighted by molar-refractivity contribution is 0.179. The van der Waals surface area contributed by atoms with Gasteiger partial charge >= 0.3 is 0 Å². The number of hydrogen-bond acceptors (Lipinski definition) is 3. The van der Waals surface area contributed by atoms with Crippen molar-refractivity contribution in [3.05, 3.63) is 12.7 Å². The molecule has 0 radical (unpaired) electrons. The molecule has 4 heteroatoms. The number of rotatable bonds is 5. The van der Waals surface area contributed by atoms with Crippen LogP contribution in [0.25, 0.3) is 0 Å². The highest BCUT2D eigenvalue weighted by atomic mass is 32.2. The van der Waals surface area contributed by atoms with E-state index in [0.29, 0.717) is 6.61 Å². The Morgan fingerprint density at radius 2 is 2.20 bits per heavy atom. The van der Waals surface area contributed by atoms with Crippen LogP contribution in [0.4, 0.5) is 0 Å². The number of ether oxygens (including phenoxy) is 1. The van der Waals surface area contributed by atoms with Crippen LogP contribution in [0.1, 0.15) is 0 Å². The van der Waals surface area contributed by atoms with Gasteiger partial charge in [-0.3, -0.25) is 0 Å². The van der Waals surface area contributed by atoms with Gasteiger partial charge in [-0.1, -0.05) is 6.08 Å². The molecule has 3 nitrogen and oxygen atoms in total. The Labute approximate surface area is 61.6 Å². The molecule has 0 amide bonds. The topological polar surface area (TPSA) is 43.4 Å². The first kappa shape index (κ1) is 9.65. The third-order valence-electron chi connectivity index (χ3n) is 0.834. The molecule has 10 heavy (non-hydrogen) atoms. The maximum atomic E-state index is 10.5. The molecule has 0 aliphatic carbocycles. The molecule has 60 valence electrons. The molecule has 0 N–H and O–H groups in total. The van der Waals surface area contributed by atoms with E-state index < -0.39 is 9.84 Å². The van der Waals surface area contributed by atoms with Gasteiger partial charge in [0.15, 0.2) is 0 Å². The Hall–Kier alpha value is -0.350. The van der Waals surface area contributed by atoms with Crippen LogP contribution in [0, 0.1) is 0 Å². The molecular weight excluding hydrogens is 152 g/mol. The molecule has 0 atom stereocenters. The number of hydrogen-bond donors (Lipinski definition) is 0. The molecule has 0 unspecified atom stereocenters. The summed E-state index contributed by atoms with van der Waals surface area (Å²) in [6, 6.07) is 0. The van der Waals surface area contributed by atoms with Crippen molar-refractivity contribution in [2.45, 2.75) is 0 Å². The van der Waals surface area contributed by atoms with E-state index in [4.69, 9.17) is 4.74 Å². The van der Waals surface area contributed by atoms with Crippen LogP contribution >= 0.6 is 0 Å². The average molecular weight is 164 g/mol. The maximum absolute atomic E-state index is 10.5. The summed E-state index contributed by atoms with van der Waals surface area (Å²) in [6.45, 7) is 4.09. The molecule has 0 aromatic heterocycles. The number of sulfone groups is 1. The molecule has 0 heterocycles. The lowest BCUT2D eigenvalue weighted by atomic mass is 10.7. The first-order valence-electron chi connectivity index (χ1n) is 2.92. The highest BCUT2D eigenvalue weighted by Crippen LogP contribution is 1.83. The minimum absolute atomic E-state index is 0.0842. The Morgan fingerprint density at radius 3 is 2.60 bits per heavy atom. The summed E-state index contributed by atoms with van der Waals surface area (Å²) in [5.41, 5.74) is 0. The molecule has 0 aromatic rings. The van der Waals surface area contributed by atoms with Crippen molar-refractivity contribution in [2.24, 2.45) is 0 Å². The second-order valence-corrected chi connectivity index (χ2v) is 4.25. The quantitative estimate of drug-likeness (QED) is 0.431. The van der Waals surface area contributed by atoms with Crippen LogP contribution in [0.3, 0.4) is 0 Å². The second kappa shape index (κ2) is 4.46. The van der Waals surface area contributed by atoms with Crippen LogP contribution in [0.5, 0.6) is 0 Å². The van der Waals surface area contributed by atoms with Crippen molar-refractivity contribution in [1.82, 2.24) is 0 Å². The van der Waals surface area contributed by atoms with Crippen LogP contribution in [-0.2, 0) is 14.6 Å². The van der Waals surface area contributed by atoms with Gasteiger partial charge in [0.2, 0.25) is 0 Å². The largest absolute Gasteiger partial charge is 0.376 e. The molecule has 0 aliphatic heterocycles. The average Bonchev–Trinajstić information content (AvgIpc) is 1.78. The molecule has 0 aromatic carbocycles. The molecule has 0 saturated heterocycles. The highest BCUT2D eigenvalue weighted by molar-refractivity contribution is 7.90. The predicted octanol–water partition coefficient (Wildman–Crippen LogP) is 0.234. The standard InChI is InChI=1S/C6H12O3S/c1-3-4-9-5-6-10(2,7)8/h3H,1,4-6H2,2H3. The van der Waals surface area contributed by atoms with Crippen LogP contribution < -0.4 is 0 Å². The summed E-state index contributed by atoms with van der Waals surface area (Å²) < 4.78 is 25.8. The molecule has 0 aliphatic rings. The van der Waals surface area contributed by atoms with Gasteiger partial charge in [0, 0.05) is 6.26 Å². The molecule has 0 saturated carbocycles. The van der Waals surface area contributed by atoms with Gasteiger partial charge in [0.1, 0.15) is 9.84 Å². The monoisotopic (exact) mass is 164 g/mol. The van der Waals surface area contributed by atoms with Crippen molar-refractivity contribution in [3.63, 3.8) is 0 Å². The van der Waals surface area contributed by atoms with E-state index in [-0.39, 0.29) is 12.4 Å². The normalized spacial score (nSPS) is 11.3. The van der Waals surface area contributed by atoms with Crippen LogP contribution in [0.2, 0.25) is 0 Å². The summed E-state index contributed by atoms with van der Waals surface area (Å²) >= 11 is 0. The van der Waals surface area contributed by atoms with Crippen molar-refractivity contribution < 1.29 is 13.2 Å². The molecule has 0 bridgehead atoms. The van der Waals surface area contributed by atoms with Gasteiger partial charge in [-0.2, -0.15) is 0 Å². The highest BCUT2D eigenvalue weighted by Gasteiger charge is 1.99. The van der Waals surface area contributed by atoms with Crippen LogP contribution in [0.15, 0.2) is 12.7 Å². The molecule has 0 spiro atoms. The van der Waals surface area contributed by atoms with Gasteiger partial charge < -0.3 is 4.74 Å². The fourth-order valence-electron chi connectivity index (χ4n) is 0.377. The van der Waals surface area contributed by atoms with E-state index in [1.54, 1.807) is 6.08 Å². The zero-order valence-electron chi connectivity index (χ0n) is 6.04. The third kappa shape index (κ3) is 7.65. The van der Waals surface area contributed by atoms with Crippen LogP contribution in [-0.4, -0.2) is 33.6 Å². The first-order valence-corrected chi connectivity index (χ1v) is 4.98. The summed E-state index contributed by atoms with van der Waals surface area (Å²) in [7, 11) is -2.86. The van der Waals surface area contributed by atoms with Crippen molar-refractivity contribution >= 4 is 9.84 Å². The van der Waals surface area contributed by atoms with Crippen molar-refractivity contribution in [1.29, 1.82) is 0 Å². The minimum Gasteiger partial charge on any atom is -0.376 e. The zero-order chi connectivity index (χ0) is 8.04. The SMILES string of the molecule is C=CCOCCS(C)(=O)=O. The Kier molecular flexibility index (Phi) is 4.31. The maximum Gasteiger partial charge on any atom is 0.149 e. The Balaban J connectivity index is 3.29. The fourth-order valence-corrected chi connectivity index (χ4v) is 0.798. The summed E-state index contributed by atoms with van der Waals surface area (Å²) in [6.07, 6.45) is 2.77. The molecular formula is C6H12O3S. The van der Waals surface area contributed by atoms with Gasteiger partial charge in [-0.25, -0.2) is 8.42 Å². The zero-order valence-corrected chi connectivity index (χ0v) is 6.86. The minimum atomic E-state index is -2.86. The molecule has 0 fully saturated rings. The Bertz CT molecular complexity index is 181. The van der Waals surface area contributed by atoms with E-state index in [1.165, 1.54) is 6.26 Å². The fraction of sp³-hybridized carbons (Fsp3) is 0.667. The molecule has 0 rings (SSSR count). The summed E-state index contributed by atoms with van der Waals surface area (Å²) in [5, 5.41) is 0.